The molecule has 0 aliphatic carbocycles. The largest absolute Gasteiger partial charge is 0.491 e. The van der Waals surface area contributed by atoms with Gasteiger partial charge >= 0.3 is 0 Å². The number of hydrogen-bond donors (Lipinski definition) is 1. The maximum Gasteiger partial charge on any atom is 0.178 e. The number of ether oxygens (including phenoxy) is 1. The zero-order valence-corrected chi connectivity index (χ0v) is 15.7. The van der Waals surface area contributed by atoms with Gasteiger partial charge in [0.05, 0.1) is 17.6 Å². The molecule has 3 rings (SSSR count). The Morgan fingerprint density at radius 1 is 1.21 bits per heavy atom. The van der Waals surface area contributed by atoms with Crippen molar-refractivity contribution in [3.8, 4) is 5.75 Å². The maximum absolute atomic E-state index is 6.11. The summed E-state index contributed by atoms with van der Waals surface area (Å²) in [6.45, 7) is 7.65. The lowest BCUT2D eigenvalue weighted by Gasteiger charge is -2.15. The zero-order chi connectivity index (χ0) is 17.3. The Morgan fingerprint density at radius 2 is 2.00 bits per heavy atom. The van der Waals surface area contributed by atoms with Crippen LogP contribution in [0.1, 0.15) is 30.9 Å². The van der Waals surface area contributed by atoms with Crippen LogP contribution in [0, 0.1) is 11.7 Å². The number of benzene rings is 2. The fourth-order valence-corrected chi connectivity index (χ4v) is 3.30. The van der Waals surface area contributed by atoms with Crippen LogP contribution in [0.25, 0.3) is 11.0 Å². The molecule has 0 saturated carbocycles. The molecule has 3 aromatic rings. The topological polar surface area (TPSA) is 29.9 Å². The minimum atomic E-state index is 0.426. The van der Waals surface area contributed by atoms with Gasteiger partial charge in [0.1, 0.15) is 12.4 Å². The standard InChI is InChI=1S/C19H21ClN2OS/c1-12(2)15-6-4-13(3)10-18(15)23-9-8-22-17-11-14(20)5-7-16(17)21-19(22)24/h4-7,10-12H,8-9H2,1-3H3,(H,21,24). The summed E-state index contributed by atoms with van der Waals surface area (Å²) in [6.07, 6.45) is 0. The van der Waals surface area contributed by atoms with E-state index in [4.69, 9.17) is 28.6 Å². The third kappa shape index (κ3) is 3.50. The van der Waals surface area contributed by atoms with Gasteiger partial charge in [0.25, 0.3) is 0 Å². The van der Waals surface area contributed by atoms with Gasteiger partial charge in [-0.15, -0.1) is 0 Å². The molecule has 1 heterocycles. The quantitative estimate of drug-likeness (QED) is 0.577. The number of nitrogens with zero attached hydrogens (tertiary/aromatic N) is 1. The number of nitrogens with one attached hydrogen (secondary N) is 1. The highest BCUT2D eigenvalue weighted by atomic mass is 35.5. The van der Waals surface area contributed by atoms with Gasteiger partial charge in [-0.1, -0.05) is 37.6 Å². The Morgan fingerprint density at radius 3 is 2.75 bits per heavy atom. The smallest absolute Gasteiger partial charge is 0.178 e. The number of fused-ring (bicyclic) bond motifs is 1. The molecule has 0 radical (unpaired) electrons. The molecule has 24 heavy (non-hydrogen) atoms. The first kappa shape index (κ1) is 17.1. The Kier molecular flexibility index (Phi) is 4.97. The van der Waals surface area contributed by atoms with E-state index in [0.717, 1.165) is 16.8 Å². The lowest BCUT2D eigenvalue weighted by atomic mass is 10.0. The zero-order valence-electron chi connectivity index (χ0n) is 14.1. The predicted octanol–water partition coefficient (Wildman–Crippen LogP) is 5.86. The molecule has 0 bridgehead atoms. The van der Waals surface area contributed by atoms with Crippen molar-refractivity contribution in [3.05, 3.63) is 57.3 Å². The van der Waals surface area contributed by atoms with E-state index in [1.165, 1.54) is 11.1 Å². The second kappa shape index (κ2) is 6.99. The van der Waals surface area contributed by atoms with Crippen molar-refractivity contribution in [2.75, 3.05) is 6.61 Å². The van der Waals surface area contributed by atoms with Crippen LogP contribution in [0.4, 0.5) is 0 Å². The van der Waals surface area contributed by atoms with E-state index >= 15 is 0 Å². The first-order valence-electron chi connectivity index (χ1n) is 8.07. The van der Waals surface area contributed by atoms with Crippen LogP contribution in [0.2, 0.25) is 5.02 Å². The highest BCUT2D eigenvalue weighted by Gasteiger charge is 2.09. The van der Waals surface area contributed by atoms with Gasteiger partial charge in [0, 0.05) is 5.02 Å². The van der Waals surface area contributed by atoms with Gasteiger partial charge in [-0.25, -0.2) is 0 Å². The molecule has 0 unspecified atom stereocenters. The summed E-state index contributed by atoms with van der Waals surface area (Å²) < 4.78 is 8.79. The molecule has 0 saturated heterocycles. The van der Waals surface area contributed by atoms with Crippen molar-refractivity contribution in [1.82, 2.24) is 9.55 Å². The first-order chi connectivity index (χ1) is 11.5. The predicted molar refractivity (Wildman–Crippen MR) is 103 cm³/mol. The van der Waals surface area contributed by atoms with Gasteiger partial charge in [-0.3, -0.25) is 0 Å². The molecule has 0 spiro atoms. The van der Waals surface area contributed by atoms with Crippen LogP contribution in [0.5, 0.6) is 5.75 Å². The number of H-pyrrole nitrogens is 1. The van der Waals surface area contributed by atoms with Crippen LogP contribution in [-0.2, 0) is 6.54 Å². The summed E-state index contributed by atoms with van der Waals surface area (Å²) in [5.74, 6) is 1.38. The normalized spacial score (nSPS) is 11.4. The number of imidazole rings is 1. The minimum absolute atomic E-state index is 0.426. The number of hydrogen-bond acceptors (Lipinski definition) is 2. The fourth-order valence-electron chi connectivity index (χ4n) is 2.84. The van der Waals surface area contributed by atoms with Crippen molar-refractivity contribution in [2.45, 2.75) is 33.2 Å². The van der Waals surface area contributed by atoms with Crippen LogP contribution in [-0.4, -0.2) is 16.2 Å². The second-order valence-corrected chi connectivity index (χ2v) is 7.11. The fraction of sp³-hybridized carbons (Fsp3) is 0.316. The SMILES string of the molecule is Cc1ccc(C(C)C)c(OCCn2c(=S)[nH]c3ccc(Cl)cc32)c1. The Bertz CT molecular complexity index is 927. The first-order valence-corrected chi connectivity index (χ1v) is 8.86. The number of aromatic nitrogens is 2. The third-order valence-corrected chi connectivity index (χ3v) is 4.66. The van der Waals surface area contributed by atoms with Crippen molar-refractivity contribution >= 4 is 34.9 Å². The molecule has 5 heteroatoms. The van der Waals surface area contributed by atoms with Crippen molar-refractivity contribution in [2.24, 2.45) is 0 Å². The molecule has 0 aliphatic rings. The highest BCUT2D eigenvalue weighted by molar-refractivity contribution is 7.71. The van der Waals surface area contributed by atoms with Gasteiger partial charge < -0.3 is 14.3 Å². The molecule has 3 nitrogen and oxygen atoms in total. The molecule has 2 aromatic carbocycles. The minimum Gasteiger partial charge on any atom is -0.491 e. The second-order valence-electron chi connectivity index (χ2n) is 6.29. The van der Waals surface area contributed by atoms with Crippen LogP contribution in [0.3, 0.4) is 0 Å². The summed E-state index contributed by atoms with van der Waals surface area (Å²) >= 11 is 11.5. The van der Waals surface area contributed by atoms with Crippen molar-refractivity contribution in [3.63, 3.8) is 0 Å². The summed E-state index contributed by atoms with van der Waals surface area (Å²) in [5, 5.41) is 0.701. The average Bonchev–Trinajstić information content (AvgIpc) is 2.82. The Balaban J connectivity index is 1.81. The van der Waals surface area contributed by atoms with Gasteiger partial charge in [-0.05, 0) is 60.5 Å². The van der Waals surface area contributed by atoms with Gasteiger partial charge in [0.15, 0.2) is 4.77 Å². The van der Waals surface area contributed by atoms with Gasteiger partial charge in [0.2, 0.25) is 0 Å². The van der Waals surface area contributed by atoms with E-state index in [-0.39, 0.29) is 0 Å². The van der Waals surface area contributed by atoms with Crippen LogP contribution >= 0.6 is 23.8 Å². The number of halogens is 1. The van der Waals surface area contributed by atoms with E-state index in [0.29, 0.717) is 28.9 Å². The number of aryl methyl sites for hydroxylation is 1. The van der Waals surface area contributed by atoms with Gasteiger partial charge in [-0.2, -0.15) is 0 Å². The van der Waals surface area contributed by atoms with E-state index in [1.54, 1.807) is 0 Å². The summed E-state index contributed by atoms with van der Waals surface area (Å²) in [7, 11) is 0. The summed E-state index contributed by atoms with van der Waals surface area (Å²) in [5.41, 5.74) is 4.42. The molecule has 1 N–H and O–H groups in total. The number of rotatable bonds is 5. The van der Waals surface area contributed by atoms with Crippen molar-refractivity contribution in [1.29, 1.82) is 0 Å². The van der Waals surface area contributed by atoms with E-state index < -0.39 is 0 Å². The molecule has 0 atom stereocenters. The van der Waals surface area contributed by atoms with E-state index in [1.807, 2.05) is 22.8 Å². The molecule has 0 aliphatic heterocycles. The molecule has 126 valence electrons. The monoisotopic (exact) mass is 360 g/mol. The Hall–Kier alpha value is -1.78. The molecular formula is C19H21ClN2OS. The average molecular weight is 361 g/mol. The maximum atomic E-state index is 6.11. The lowest BCUT2D eigenvalue weighted by molar-refractivity contribution is 0.295. The Labute approximate surface area is 152 Å². The highest BCUT2D eigenvalue weighted by Crippen LogP contribution is 2.27. The van der Waals surface area contributed by atoms with E-state index in [2.05, 4.69) is 44.0 Å². The summed E-state index contributed by atoms with van der Waals surface area (Å²) in [4.78, 5) is 3.21. The molecule has 0 fully saturated rings. The van der Waals surface area contributed by atoms with Crippen LogP contribution < -0.4 is 4.74 Å². The van der Waals surface area contributed by atoms with Crippen molar-refractivity contribution < 1.29 is 4.74 Å². The summed E-state index contributed by atoms with van der Waals surface area (Å²) in [6, 6.07) is 12.1. The van der Waals surface area contributed by atoms with Crippen LogP contribution in [0.15, 0.2) is 36.4 Å². The molecular weight excluding hydrogens is 340 g/mol. The molecule has 0 amide bonds. The third-order valence-electron chi connectivity index (χ3n) is 4.10. The number of aromatic amines is 1. The lowest BCUT2D eigenvalue weighted by Crippen LogP contribution is -2.09. The van der Waals surface area contributed by atoms with E-state index in [9.17, 15) is 0 Å². The molecule has 1 aromatic heterocycles.